The van der Waals surface area contributed by atoms with E-state index in [1.54, 1.807) is 0 Å². The summed E-state index contributed by atoms with van der Waals surface area (Å²) in [7, 11) is 0. The molecule has 0 bridgehead atoms. The molecule has 0 radical (unpaired) electrons. The summed E-state index contributed by atoms with van der Waals surface area (Å²) in [5.41, 5.74) is 0. The number of esters is 3. The first kappa shape index (κ1) is 69.1. The number of hydrogen-bond acceptors (Lipinski definition) is 6. The van der Waals surface area contributed by atoms with Gasteiger partial charge in [-0.05, 0) is 122 Å². The quantitative estimate of drug-likeness (QED) is 0.0261. The number of allylic oxidation sites excluding steroid dienone is 18. The van der Waals surface area contributed by atoms with Crippen LogP contribution in [0.15, 0.2) is 109 Å². The second kappa shape index (κ2) is 60.6. The second-order valence-electron chi connectivity index (χ2n) is 19.8. The van der Waals surface area contributed by atoms with Gasteiger partial charge in [-0.15, -0.1) is 0 Å². The summed E-state index contributed by atoms with van der Waals surface area (Å²) in [5.74, 6) is -0.935. The van der Waals surface area contributed by atoms with Gasteiger partial charge in [0.1, 0.15) is 13.2 Å². The van der Waals surface area contributed by atoms with E-state index in [4.69, 9.17) is 14.2 Å². The Morgan fingerprint density at radius 3 is 0.863 bits per heavy atom. The van der Waals surface area contributed by atoms with Gasteiger partial charge in [0.15, 0.2) is 6.10 Å². The minimum Gasteiger partial charge on any atom is -0.462 e. The van der Waals surface area contributed by atoms with E-state index in [-0.39, 0.29) is 31.1 Å². The SMILES string of the molecule is CC/C=C\C/C=C\C/C=C\C/C=C\C/C=C\CCCCCC(=O)OCC(COC(=O)CCCCCCCCC/C=C\C/C=C\C/C=C\CC)OC(=O)CCCCCCCCCCC/C=C\CCCCCCCC. The van der Waals surface area contributed by atoms with Crippen LogP contribution in [0.3, 0.4) is 0 Å². The van der Waals surface area contributed by atoms with E-state index in [1.807, 2.05) is 0 Å². The molecule has 0 saturated heterocycles. The maximum absolute atomic E-state index is 12.9. The van der Waals surface area contributed by atoms with Crippen LogP contribution in [-0.4, -0.2) is 37.2 Å². The Hall–Kier alpha value is -3.93. The molecule has 0 saturated carbocycles. The molecular weight excluding hydrogens is 901 g/mol. The number of hydrogen-bond donors (Lipinski definition) is 0. The van der Waals surface area contributed by atoms with E-state index in [1.165, 1.54) is 116 Å². The summed E-state index contributed by atoms with van der Waals surface area (Å²) in [4.78, 5) is 38.3. The van der Waals surface area contributed by atoms with Crippen molar-refractivity contribution in [1.29, 1.82) is 0 Å². The molecule has 0 fully saturated rings. The van der Waals surface area contributed by atoms with Crippen LogP contribution in [0.25, 0.3) is 0 Å². The first-order valence-electron chi connectivity index (χ1n) is 30.4. The topological polar surface area (TPSA) is 78.9 Å². The van der Waals surface area contributed by atoms with Crippen molar-refractivity contribution in [3.05, 3.63) is 109 Å². The van der Waals surface area contributed by atoms with Crippen LogP contribution in [0, 0.1) is 0 Å². The van der Waals surface area contributed by atoms with Crippen molar-refractivity contribution in [2.24, 2.45) is 0 Å². The third kappa shape index (κ3) is 58.8. The predicted molar refractivity (Wildman–Crippen MR) is 316 cm³/mol. The Morgan fingerprint density at radius 2 is 0.534 bits per heavy atom. The summed E-state index contributed by atoms with van der Waals surface area (Å²) in [6, 6.07) is 0. The molecular formula is C67H112O6. The fraction of sp³-hybridized carbons (Fsp3) is 0.687. The van der Waals surface area contributed by atoms with E-state index in [9.17, 15) is 14.4 Å². The summed E-state index contributed by atoms with van der Waals surface area (Å²) in [6.07, 6.45) is 82.2. The van der Waals surface area contributed by atoms with Gasteiger partial charge in [-0.1, -0.05) is 246 Å². The molecule has 0 aliphatic rings. The van der Waals surface area contributed by atoms with Crippen LogP contribution < -0.4 is 0 Å². The van der Waals surface area contributed by atoms with Crippen molar-refractivity contribution < 1.29 is 28.6 Å². The zero-order valence-corrected chi connectivity index (χ0v) is 47.6. The molecule has 1 unspecified atom stereocenters. The van der Waals surface area contributed by atoms with E-state index in [0.717, 1.165) is 122 Å². The Labute approximate surface area is 450 Å². The molecule has 0 rings (SSSR count). The smallest absolute Gasteiger partial charge is 0.306 e. The highest BCUT2D eigenvalue weighted by molar-refractivity contribution is 5.71. The molecule has 0 N–H and O–H groups in total. The zero-order valence-electron chi connectivity index (χ0n) is 47.6. The molecule has 6 heteroatoms. The lowest BCUT2D eigenvalue weighted by Gasteiger charge is -2.18. The molecule has 73 heavy (non-hydrogen) atoms. The number of rotatable bonds is 54. The lowest BCUT2D eigenvalue weighted by atomic mass is 10.1. The number of ether oxygens (including phenoxy) is 3. The average molecular weight is 1010 g/mol. The monoisotopic (exact) mass is 1010 g/mol. The normalized spacial score (nSPS) is 12.9. The second-order valence-corrected chi connectivity index (χ2v) is 19.8. The standard InChI is InChI=1S/C67H112O6/c1-4-7-10-13-16-19-22-25-28-31-33-36-39-42-45-48-51-54-57-60-66(69)72-63-64(62-71-65(68)59-56-53-50-47-44-41-38-35-30-27-24-21-18-15-12-9-6-3)73-67(70)61-58-55-52-49-46-43-40-37-34-32-29-26-23-20-17-14-11-8-5-2/h7,9-10,12,16,18-19,21,25-30,33,36,42,45,64H,4-6,8,11,13-15,17,20,22-24,31-32,34-35,37-41,43-44,46-63H2,1-3H3/b10-7-,12-9-,19-16-,21-18-,28-25-,29-26-,30-27-,36-33-,45-42-. The lowest BCUT2D eigenvalue weighted by molar-refractivity contribution is -0.167. The fourth-order valence-electron chi connectivity index (χ4n) is 8.24. The van der Waals surface area contributed by atoms with Gasteiger partial charge in [0, 0.05) is 19.3 Å². The molecule has 0 aromatic heterocycles. The van der Waals surface area contributed by atoms with Crippen molar-refractivity contribution in [2.45, 2.75) is 284 Å². The van der Waals surface area contributed by atoms with Gasteiger partial charge in [-0.3, -0.25) is 14.4 Å². The van der Waals surface area contributed by atoms with E-state index < -0.39 is 6.10 Å². The van der Waals surface area contributed by atoms with Crippen molar-refractivity contribution >= 4 is 17.9 Å². The summed E-state index contributed by atoms with van der Waals surface area (Å²) >= 11 is 0. The number of carbonyl (C=O) groups excluding carboxylic acids is 3. The first-order chi connectivity index (χ1) is 36.0. The Kier molecular flexibility index (Phi) is 57.4. The average Bonchev–Trinajstić information content (AvgIpc) is 3.39. The maximum atomic E-state index is 12.9. The molecule has 0 aromatic carbocycles. The molecule has 0 heterocycles. The molecule has 0 amide bonds. The van der Waals surface area contributed by atoms with Gasteiger partial charge >= 0.3 is 17.9 Å². The highest BCUT2D eigenvalue weighted by Gasteiger charge is 2.19. The summed E-state index contributed by atoms with van der Waals surface area (Å²) in [5, 5.41) is 0. The van der Waals surface area contributed by atoms with Gasteiger partial charge in [0.05, 0.1) is 0 Å². The van der Waals surface area contributed by atoms with Gasteiger partial charge in [0.25, 0.3) is 0 Å². The third-order valence-corrected chi connectivity index (χ3v) is 12.7. The largest absolute Gasteiger partial charge is 0.462 e. The molecule has 0 aliphatic carbocycles. The minimum atomic E-state index is -0.800. The van der Waals surface area contributed by atoms with Gasteiger partial charge in [-0.2, -0.15) is 0 Å². The minimum absolute atomic E-state index is 0.0956. The van der Waals surface area contributed by atoms with Gasteiger partial charge < -0.3 is 14.2 Å². The molecule has 416 valence electrons. The van der Waals surface area contributed by atoms with Gasteiger partial charge in [-0.25, -0.2) is 0 Å². The van der Waals surface area contributed by atoms with E-state index in [2.05, 4.69) is 130 Å². The molecule has 0 aliphatic heterocycles. The molecule has 6 nitrogen and oxygen atoms in total. The van der Waals surface area contributed by atoms with Crippen LogP contribution in [0.2, 0.25) is 0 Å². The van der Waals surface area contributed by atoms with E-state index in [0.29, 0.717) is 19.3 Å². The Morgan fingerprint density at radius 1 is 0.288 bits per heavy atom. The lowest BCUT2D eigenvalue weighted by Crippen LogP contribution is -2.30. The van der Waals surface area contributed by atoms with Crippen LogP contribution in [0.5, 0.6) is 0 Å². The maximum Gasteiger partial charge on any atom is 0.306 e. The predicted octanol–water partition coefficient (Wildman–Crippen LogP) is 20.7. The highest BCUT2D eigenvalue weighted by atomic mass is 16.6. The fourth-order valence-corrected chi connectivity index (χ4v) is 8.24. The first-order valence-corrected chi connectivity index (χ1v) is 30.4. The van der Waals surface area contributed by atoms with Crippen molar-refractivity contribution in [3.8, 4) is 0 Å². The molecule has 0 aromatic rings. The zero-order chi connectivity index (χ0) is 52.9. The van der Waals surface area contributed by atoms with E-state index >= 15 is 0 Å². The van der Waals surface area contributed by atoms with Crippen molar-refractivity contribution in [3.63, 3.8) is 0 Å². The molecule has 1 atom stereocenters. The summed E-state index contributed by atoms with van der Waals surface area (Å²) in [6.45, 7) is 6.39. The molecule has 0 spiro atoms. The van der Waals surface area contributed by atoms with Crippen LogP contribution in [0.4, 0.5) is 0 Å². The van der Waals surface area contributed by atoms with Crippen LogP contribution in [0.1, 0.15) is 278 Å². The third-order valence-electron chi connectivity index (χ3n) is 12.7. The Bertz CT molecular complexity index is 1490. The van der Waals surface area contributed by atoms with Crippen molar-refractivity contribution in [2.75, 3.05) is 13.2 Å². The number of carbonyl (C=O) groups is 3. The van der Waals surface area contributed by atoms with Crippen molar-refractivity contribution in [1.82, 2.24) is 0 Å². The van der Waals surface area contributed by atoms with Gasteiger partial charge in [0.2, 0.25) is 0 Å². The number of unbranched alkanes of at least 4 members (excludes halogenated alkanes) is 25. The van der Waals surface area contributed by atoms with Crippen LogP contribution in [-0.2, 0) is 28.6 Å². The summed E-state index contributed by atoms with van der Waals surface area (Å²) < 4.78 is 16.9. The highest BCUT2D eigenvalue weighted by Crippen LogP contribution is 2.15. The van der Waals surface area contributed by atoms with Crippen LogP contribution >= 0.6 is 0 Å². The Balaban J connectivity index is 4.47.